The summed E-state index contributed by atoms with van der Waals surface area (Å²) >= 11 is 0. The lowest BCUT2D eigenvalue weighted by atomic mass is 9.90. The number of aromatic nitrogens is 2. The van der Waals surface area contributed by atoms with Crippen molar-refractivity contribution in [3.63, 3.8) is 0 Å². The third-order valence-electron chi connectivity index (χ3n) is 5.79. The number of halogens is 3. The van der Waals surface area contributed by atoms with Gasteiger partial charge in [-0.2, -0.15) is 13.2 Å². The van der Waals surface area contributed by atoms with Crippen LogP contribution in [0.25, 0.3) is 0 Å². The van der Waals surface area contributed by atoms with Gasteiger partial charge in [0.1, 0.15) is 17.8 Å². The number of rotatable bonds is 5. The van der Waals surface area contributed by atoms with Crippen LogP contribution < -0.4 is 4.74 Å². The van der Waals surface area contributed by atoms with Gasteiger partial charge in [0.05, 0.1) is 5.41 Å². The smallest absolute Gasteiger partial charge is 0.421 e. The molecular formula is C27H36F3N3O5. The number of aliphatic carboxylic acids is 1. The van der Waals surface area contributed by atoms with Crippen molar-refractivity contribution in [1.82, 2.24) is 14.9 Å². The molecular weight excluding hydrogens is 503 g/mol. The van der Waals surface area contributed by atoms with Gasteiger partial charge in [0.2, 0.25) is 5.88 Å². The SMILES string of the molecule is CC(C)(COc1ncccc1C(F)(F)F)C(=O)O.Cc1ncccc1C1CCCN(C(=O)OC(C)(C)C)C1. The van der Waals surface area contributed by atoms with E-state index in [2.05, 4.69) is 16.0 Å². The molecule has 1 aliphatic heterocycles. The number of aryl methyl sites for hydroxylation is 1. The molecule has 0 radical (unpaired) electrons. The number of carboxylic acid groups (broad SMARTS) is 1. The summed E-state index contributed by atoms with van der Waals surface area (Å²) in [5.74, 6) is -1.41. The van der Waals surface area contributed by atoms with Gasteiger partial charge in [0.25, 0.3) is 0 Å². The number of hydrogen-bond donors (Lipinski definition) is 1. The van der Waals surface area contributed by atoms with Crippen molar-refractivity contribution >= 4 is 12.1 Å². The number of carbonyl (C=O) groups excluding carboxylic acids is 1. The Bertz CT molecular complexity index is 1100. The Labute approximate surface area is 221 Å². The van der Waals surface area contributed by atoms with E-state index in [0.717, 1.165) is 50.0 Å². The highest BCUT2D eigenvalue weighted by Gasteiger charge is 2.36. The molecule has 2 aromatic heterocycles. The first-order valence-corrected chi connectivity index (χ1v) is 12.3. The van der Waals surface area contributed by atoms with Crippen LogP contribution in [0.3, 0.4) is 0 Å². The van der Waals surface area contributed by atoms with E-state index in [1.165, 1.54) is 19.4 Å². The van der Waals surface area contributed by atoms with Crippen LogP contribution in [0.15, 0.2) is 36.7 Å². The Hall–Kier alpha value is -3.37. The van der Waals surface area contributed by atoms with E-state index in [1.807, 2.05) is 44.9 Å². The fourth-order valence-electron chi connectivity index (χ4n) is 3.68. The predicted octanol–water partition coefficient (Wildman–Crippen LogP) is 6.09. The minimum atomic E-state index is -4.59. The largest absolute Gasteiger partial charge is 0.481 e. The molecule has 1 aliphatic rings. The number of carboxylic acids is 1. The Morgan fingerprint density at radius 1 is 1.08 bits per heavy atom. The minimum absolute atomic E-state index is 0.205. The van der Waals surface area contributed by atoms with Crippen LogP contribution in [0.1, 0.15) is 70.2 Å². The fourth-order valence-corrected chi connectivity index (χ4v) is 3.68. The summed E-state index contributed by atoms with van der Waals surface area (Å²) in [6.45, 7) is 11.5. The van der Waals surface area contributed by atoms with Gasteiger partial charge in [0.15, 0.2) is 0 Å². The van der Waals surface area contributed by atoms with Crippen molar-refractivity contribution in [2.24, 2.45) is 5.41 Å². The maximum absolute atomic E-state index is 12.6. The highest BCUT2D eigenvalue weighted by atomic mass is 19.4. The van der Waals surface area contributed by atoms with Gasteiger partial charge in [-0.15, -0.1) is 0 Å². The molecule has 11 heteroatoms. The Morgan fingerprint density at radius 3 is 2.29 bits per heavy atom. The first-order chi connectivity index (χ1) is 17.5. The average molecular weight is 540 g/mol. The lowest BCUT2D eigenvalue weighted by molar-refractivity contribution is -0.148. The number of amides is 1. The molecule has 1 saturated heterocycles. The molecule has 1 atom stereocenters. The monoisotopic (exact) mass is 539 g/mol. The lowest BCUT2D eigenvalue weighted by Crippen LogP contribution is -2.42. The van der Waals surface area contributed by atoms with Crippen molar-refractivity contribution in [1.29, 1.82) is 0 Å². The molecule has 1 fully saturated rings. The van der Waals surface area contributed by atoms with E-state index in [9.17, 15) is 22.8 Å². The molecule has 8 nitrogen and oxygen atoms in total. The van der Waals surface area contributed by atoms with Gasteiger partial charge < -0.3 is 19.5 Å². The molecule has 1 amide bonds. The minimum Gasteiger partial charge on any atom is -0.481 e. The highest BCUT2D eigenvalue weighted by Crippen LogP contribution is 2.35. The molecule has 0 bridgehead atoms. The normalized spacial score (nSPS) is 16.2. The predicted molar refractivity (Wildman–Crippen MR) is 135 cm³/mol. The second-order valence-corrected chi connectivity index (χ2v) is 10.8. The maximum atomic E-state index is 12.6. The van der Waals surface area contributed by atoms with Crippen LogP contribution >= 0.6 is 0 Å². The first kappa shape index (κ1) is 30.9. The van der Waals surface area contributed by atoms with Gasteiger partial charge in [-0.05, 0) is 78.1 Å². The van der Waals surface area contributed by atoms with E-state index in [4.69, 9.17) is 14.6 Å². The number of pyridine rings is 2. The van der Waals surface area contributed by atoms with E-state index < -0.39 is 41.2 Å². The first-order valence-electron chi connectivity index (χ1n) is 12.3. The number of piperidine rings is 1. The van der Waals surface area contributed by atoms with Crippen molar-refractivity contribution in [2.45, 2.75) is 72.1 Å². The molecule has 3 heterocycles. The Morgan fingerprint density at radius 2 is 1.71 bits per heavy atom. The molecule has 38 heavy (non-hydrogen) atoms. The fraction of sp³-hybridized carbons (Fsp3) is 0.556. The van der Waals surface area contributed by atoms with Gasteiger partial charge in [0, 0.05) is 37.1 Å². The van der Waals surface area contributed by atoms with Crippen LogP contribution in [-0.2, 0) is 15.7 Å². The number of nitrogens with zero attached hydrogens (tertiary/aromatic N) is 3. The summed E-state index contributed by atoms with van der Waals surface area (Å²) in [5, 5.41) is 8.83. The third kappa shape index (κ3) is 9.18. The number of hydrogen-bond acceptors (Lipinski definition) is 6. The molecule has 210 valence electrons. The van der Waals surface area contributed by atoms with E-state index in [0.29, 0.717) is 5.92 Å². The zero-order chi connectivity index (χ0) is 28.7. The zero-order valence-corrected chi connectivity index (χ0v) is 22.6. The van der Waals surface area contributed by atoms with Crippen molar-refractivity contribution in [3.8, 4) is 5.88 Å². The number of carbonyl (C=O) groups is 2. The maximum Gasteiger partial charge on any atom is 0.421 e. The van der Waals surface area contributed by atoms with E-state index in [-0.39, 0.29) is 6.09 Å². The van der Waals surface area contributed by atoms with E-state index >= 15 is 0 Å². The summed E-state index contributed by atoms with van der Waals surface area (Å²) < 4.78 is 48.1. The number of likely N-dealkylation sites (tertiary alicyclic amines) is 1. The highest BCUT2D eigenvalue weighted by molar-refractivity contribution is 5.73. The standard InChI is InChI=1S/C16H24N2O2.C11H12F3NO3/c1-12-14(8-5-9-17-12)13-7-6-10-18(11-13)15(19)20-16(2,3)4;1-10(2,9(16)17)6-18-8-7(11(12,13)14)4-3-5-15-8/h5,8-9,13H,6-7,10-11H2,1-4H3;3-5H,6H2,1-2H3,(H,16,17). The zero-order valence-electron chi connectivity index (χ0n) is 22.6. The molecule has 2 aromatic rings. The van der Waals surface area contributed by atoms with Gasteiger partial charge in [-0.3, -0.25) is 9.78 Å². The van der Waals surface area contributed by atoms with E-state index in [1.54, 1.807) is 0 Å². The molecule has 1 unspecified atom stereocenters. The summed E-state index contributed by atoms with van der Waals surface area (Å²) in [4.78, 5) is 32.6. The molecule has 0 saturated carbocycles. The quantitative estimate of drug-likeness (QED) is 0.490. The van der Waals surface area contributed by atoms with Crippen molar-refractivity contribution in [2.75, 3.05) is 19.7 Å². The molecule has 3 rings (SSSR count). The number of ether oxygens (including phenoxy) is 2. The van der Waals surface area contributed by atoms with Gasteiger partial charge in [-0.1, -0.05) is 6.07 Å². The van der Waals surface area contributed by atoms with Crippen LogP contribution in [0.4, 0.5) is 18.0 Å². The van der Waals surface area contributed by atoms with Crippen molar-refractivity contribution in [3.05, 3.63) is 53.5 Å². The Kier molecular flexibility index (Phi) is 10.1. The molecule has 0 aliphatic carbocycles. The van der Waals surface area contributed by atoms with Gasteiger partial charge >= 0.3 is 18.2 Å². The summed E-state index contributed by atoms with van der Waals surface area (Å²) in [7, 11) is 0. The van der Waals surface area contributed by atoms with Crippen LogP contribution in [0.2, 0.25) is 0 Å². The number of alkyl halides is 3. The molecule has 0 spiro atoms. The third-order valence-corrected chi connectivity index (χ3v) is 5.79. The molecule has 0 aromatic carbocycles. The Balaban J connectivity index is 0.000000269. The average Bonchev–Trinajstić information content (AvgIpc) is 2.82. The van der Waals surface area contributed by atoms with Crippen LogP contribution in [0.5, 0.6) is 5.88 Å². The van der Waals surface area contributed by atoms with Gasteiger partial charge in [-0.25, -0.2) is 9.78 Å². The summed E-state index contributed by atoms with van der Waals surface area (Å²) in [6, 6.07) is 6.05. The van der Waals surface area contributed by atoms with Crippen molar-refractivity contribution < 1.29 is 37.3 Å². The van der Waals surface area contributed by atoms with Crippen LogP contribution in [-0.4, -0.2) is 57.3 Å². The second kappa shape index (κ2) is 12.4. The topological polar surface area (TPSA) is 102 Å². The summed E-state index contributed by atoms with van der Waals surface area (Å²) in [5.41, 5.74) is -0.440. The molecule has 1 N–H and O–H groups in total. The lowest BCUT2D eigenvalue weighted by Gasteiger charge is -2.34. The summed E-state index contributed by atoms with van der Waals surface area (Å²) in [6.07, 6.45) is 0.288. The second-order valence-electron chi connectivity index (χ2n) is 10.8. The van der Waals surface area contributed by atoms with Crippen LogP contribution in [0, 0.1) is 12.3 Å².